The maximum atomic E-state index is 11.8. The van der Waals surface area contributed by atoms with E-state index in [9.17, 15) is 9.18 Å². The second-order valence-electron chi connectivity index (χ2n) is 2.80. The molecule has 0 heterocycles. The van der Waals surface area contributed by atoms with E-state index in [2.05, 4.69) is 0 Å². The van der Waals surface area contributed by atoms with Gasteiger partial charge in [0.15, 0.2) is 0 Å². The van der Waals surface area contributed by atoms with E-state index in [-0.39, 0.29) is 12.2 Å². The van der Waals surface area contributed by atoms with E-state index in [4.69, 9.17) is 5.11 Å². The van der Waals surface area contributed by atoms with Crippen LogP contribution in [0, 0.1) is 0 Å². The van der Waals surface area contributed by atoms with Crippen molar-refractivity contribution in [1.29, 1.82) is 0 Å². The third kappa shape index (κ3) is 2.86. The first-order chi connectivity index (χ1) is 6.24. The van der Waals surface area contributed by atoms with Gasteiger partial charge in [0.1, 0.15) is 0 Å². The van der Waals surface area contributed by atoms with Gasteiger partial charge in [0.25, 0.3) is 0 Å². The molecule has 70 valence electrons. The van der Waals surface area contributed by atoms with E-state index >= 15 is 0 Å². The molecule has 0 amide bonds. The Morgan fingerprint density at radius 1 is 1.46 bits per heavy atom. The lowest BCUT2D eigenvalue weighted by molar-refractivity contribution is 0.0697. The summed E-state index contributed by atoms with van der Waals surface area (Å²) in [5.41, 5.74) is 1.13. The predicted octanol–water partition coefficient (Wildman–Crippen LogP) is 2.29. The Kier molecular flexibility index (Phi) is 3.43. The highest BCUT2D eigenvalue weighted by Gasteiger charge is 2.02. The molecule has 0 fully saturated rings. The molecule has 3 heteroatoms. The zero-order chi connectivity index (χ0) is 9.68. The van der Waals surface area contributed by atoms with E-state index < -0.39 is 5.97 Å². The van der Waals surface area contributed by atoms with Crippen LogP contribution in [0.25, 0.3) is 0 Å². The molecule has 0 aromatic heterocycles. The molecule has 0 spiro atoms. The van der Waals surface area contributed by atoms with Gasteiger partial charge in [-0.1, -0.05) is 12.1 Å². The number of hydrogen-bond acceptors (Lipinski definition) is 1. The first kappa shape index (κ1) is 9.71. The fourth-order valence-corrected chi connectivity index (χ4v) is 1.13. The van der Waals surface area contributed by atoms with Crippen LogP contribution in [-0.4, -0.2) is 17.8 Å². The van der Waals surface area contributed by atoms with Crippen molar-refractivity contribution in [3.05, 3.63) is 35.4 Å². The van der Waals surface area contributed by atoms with Gasteiger partial charge in [-0.05, 0) is 30.5 Å². The number of hydrogen-bond donors (Lipinski definition) is 1. The van der Waals surface area contributed by atoms with E-state index in [1.54, 1.807) is 12.1 Å². The van der Waals surface area contributed by atoms with Gasteiger partial charge in [-0.15, -0.1) is 0 Å². The minimum absolute atomic E-state index is 0.261. The van der Waals surface area contributed by atoms with Crippen molar-refractivity contribution in [1.82, 2.24) is 0 Å². The lowest BCUT2D eigenvalue weighted by Crippen LogP contribution is -1.97. The van der Waals surface area contributed by atoms with Crippen molar-refractivity contribution < 1.29 is 14.3 Å². The van der Waals surface area contributed by atoms with Crippen molar-refractivity contribution in [2.75, 3.05) is 6.67 Å². The van der Waals surface area contributed by atoms with Crippen LogP contribution < -0.4 is 0 Å². The number of aromatic carboxylic acids is 1. The van der Waals surface area contributed by atoms with E-state index in [0.29, 0.717) is 12.8 Å². The quantitative estimate of drug-likeness (QED) is 0.775. The van der Waals surface area contributed by atoms with Gasteiger partial charge in [0, 0.05) is 0 Å². The zero-order valence-corrected chi connectivity index (χ0v) is 7.16. The highest BCUT2D eigenvalue weighted by molar-refractivity contribution is 5.87. The highest BCUT2D eigenvalue weighted by atomic mass is 19.1. The Balaban J connectivity index is 2.73. The number of carboxylic acids is 1. The maximum Gasteiger partial charge on any atom is 0.335 e. The smallest absolute Gasteiger partial charge is 0.335 e. The zero-order valence-electron chi connectivity index (χ0n) is 7.16. The van der Waals surface area contributed by atoms with Gasteiger partial charge >= 0.3 is 5.97 Å². The first-order valence-corrected chi connectivity index (χ1v) is 4.12. The highest BCUT2D eigenvalue weighted by Crippen LogP contribution is 2.07. The van der Waals surface area contributed by atoms with Gasteiger partial charge in [-0.25, -0.2) is 4.79 Å². The summed E-state index contributed by atoms with van der Waals surface area (Å²) < 4.78 is 11.8. The number of carboxylic acid groups (broad SMARTS) is 1. The molecule has 0 saturated heterocycles. The molecule has 1 rings (SSSR count). The van der Waals surface area contributed by atoms with Crippen LogP contribution in [-0.2, 0) is 6.42 Å². The molecule has 13 heavy (non-hydrogen) atoms. The first-order valence-electron chi connectivity index (χ1n) is 4.12. The molecule has 2 nitrogen and oxygen atoms in total. The average Bonchev–Trinajstić information content (AvgIpc) is 2.15. The molecular formula is C10H11FO2. The molecule has 0 atom stereocenters. The van der Waals surface area contributed by atoms with Gasteiger partial charge in [0.2, 0.25) is 0 Å². The third-order valence-corrected chi connectivity index (χ3v) is 1.77. The van der Waals surface area contributed by atoms with Gasteiger partial charge in [0.05, 0.1) is 12.2 Å². The summed E-state index contributed by atoms with van der Waals surface area (Å²) in [6.07, 6.45) is 1.04. The second kappa shape index (κ2) is 4.60. The largest absolute Gasteiger partial charge is 0.478 e. The summed E-state index contributed by atoms with van der Waals surface area (Å²) in [6.45, 7) is -0.364. The predicted molar refractivity (Wildman–Crippen MR) is 47.7 cm³/mol. The summed E-state index contributed by atoms with van der Waals surface area (Å²) in [5, 5.41) is 8.66. The minimum atomic E-state index is -0.943. The number of alkyl halides is 1. The summed E-state index contributed by atoms with van der Waals surface area (Å²) in [5.74, 6) is -0.943. The Labute approximate surface area is 76.0 Å². The summed E-state index contributed by atoms with van der Waals surface area (Å²) in [6, 6.07) is 6.60. The fraction of sp³-hybridized carbons (Fsp3) is 0.300. The summed E-state index contributed by atoms with van der Waals surface area (Å²) in [4.78, 5) is 10.6. The summed E-state index contributed by atoms with van der Waals surface area (Å²) >= 11 is 0. The normalized spacial score (nSPS) is 9.92. The molecule has 0 aliphatic heterocycles. The molecule has 1 aromatic rings. The van der Waals surface area contributed by atoms with Crippen LogP contribution >= 0.6 is 0 Å². The van der Waals surface area contributed by atoms with Crippen LogP contribution in [0.4, 0.5) is 4.39 Å². The minimum Gasteiger partial charge on any atom is -0.478 e. The second-order valence-corrected chi connectivity index (χ2v) is 2.80. The molecule has 0 radical (unpaired) electrons. The molecule has 1 aromatic carbocycles. The van der Waals surface area contributed by atoms with Crippen LogP contribution in [0.5, 0.6) is 0 Å². The van der Waals surface area contributed by atoms with Crippen LogP contribution in [0.15, 0.2) is 24.3 Å². The average molecular weight is 182 g/mol. The number of carbonyl (C=O) groups is 1. The number of aryl methyl sites for hydroxylation is 1. The topological polar surface area (TPSA) is 37.3 Å². The van der Waals surface area contributed by atoms with Crippen molar-refractivity contribution in [3.63, 3.8) is 0 Å². The molecule has 0 unspecified atom stereocenters. The molecule has 0 bridgehead atoms. The Hall–Kier alpha value is -1.38. The van der Waals surface area contributed by atoms with Gasteiger partial charge in [-0.3, -0.25) is 4.39 Å². The lowest BCUT2D eigenvalue weighted by atomic mass is 10.1. The number of benzene rings is 1. The fourth-order valence-electron chi connectivity index (χ4n) is 1.13. The monoisotopic (exact) mass is 182 g/mol. The van der Waals surface area contributed by atoms with Gasteiger partial charge < -0.3 is 5.11 Å². The summed E-state index contributed by atoms with van der Waals surface area (Å²) in [7, 11) is 0. The van der Waals surface area contributed by atoms with Crippen molar-refractivity contribution >= 4 is 5.97 Å². The van der Waals surface area contributed by atoms with Crippen molar-refractivity contribution in [3.8, 4) is 0 Å². The van der Waals surface area contributed by atoms with Crippen LogP contribution in [0.2, 0.25) is 0 Å². The van der Waals surface area contributed by atoms with Crippen LogP contribution in [0.1, 0.15) is 22.3 Å². The van der Waals surface area contributed by atoms with E-state index in [1.165, 1.54) is 6.07 Å². The lowest BCUT2D eigenvalue weighted by Gasteiger charge is -1.99. The molecule has 0 saturated carbocycles. The maximum absolute atomic E-state index is 11.8. The van der Waals surface area contributed by atoms with E-state index in [1.807, 2.05) is 6.07 Å². The third-order valence-electron chi connectivity index (χ3n) is 1.77. The number of halogens is 1. The Morgan fingerprint density at radius 2 is 2.23 bits per heavy atom. The van der Waals surface area contributed by atoms with Gasteiger partial charge in [-0.2, -0.15) is 0 Å². The van der Waals surface area contributed by atoms with Crippen molar-refractivity contribution in [2.24, 2.45) is 0 Å². The molecule has 1 N–H and O–H groups in total. The van der Waals surface area contributed by atoms with E-state index in [0.717, 1.165) is 5.56 Å². The van der Waals surface area contributed by atoms with Crippen molar-refractivity contribution in [2.45, 2.75) is 12.8 Å². The Morgan fingerprint density at radius 3 is 2.85 bits per heavy atom. The molecular weight excluding hydrogens is 171 g/mol. The number of rotatable bonds is 4. The Bertz CT molecular complexity index is 297. The SMILES string of the molecule is O=C(O)c1cccc(CCCF)c1. The molecule has 0 aliphatic carbocycles. The molecule has 0 aliphatic rings. The standard InChI is InChI=1S/C10H11FO2/c11-6-2-4-8-3-1-5-9(7-8)10(12)13/h1,3,5,7H,2,4,6H2,(H,12,13). The van der Waals surface area contributed by atoms with Crippen LogP contribution in [0.3, 0.4) is 0 Å².